The van der Waals surface area contributed by atoms with E-state index in [1.807, 2.05) is 86.6 Å². The molecule has 170 valence electrons. The van der Waals surface area contributed by atoms with Crippen molar-refractivity contribution in [1.29, 1.82) is 0 Å². The molecule has 0 spiro atoms. The van der Waals surface area contributed by atoms with Crippen molar-refractivity contribution in [2.24, 2.45) is 0 Å². The minimum Gasteiger partial charge on any atom is -0.448 e. The molecule has 3 aromatic carbocycles. The van der Waals surface area contributed by atoms with E-state index in [2.05, 4.69) is 5.32 Å². The van der Waals surface area contributed by atoms with E-state index >= 15 is 0 Å². The largest absolute Gasteiger partial charge is 0.448 e. The molecule has 0 fully saturated rings. The van der Waals surface area contributed by atoms with E-state index in [0.717, 1.165) is 27.8 Å². The van der Waals surface area contributed by atoms with Gasteiger partial charge < -0.3 is 9.73 Å². The third kappa shape index (κ3) is 4.22. The number of benzene rings is 3. The number of aromatic nitrogens is 2. The Labute approximate surface area is 200 Å². The molecule has 0 aliphatic heterocycles. The Hall–Kier alpha value is -3.84. The number of furan rings is 1. The van der Waals surface area contributed by atoms with Gasteiger partial charge in [-0.2, -0.15) is 0 Å². The summed E-state index contributed by atoms with van der Waals surface area (Å²) in [5.41, 5.74) is 4.99. The molecular formula is C27H23N3O3S. The van der Waals surface area contributed by atoms with Crippen LogP contribution in [0.2, 0.25) is 0 Å². The third-order valence-electron chi connectivity index (χ3n) is 5.84. The quantitative estimate of drug-likeness (QED) is 0.261. The van der Waals surface area contributed by atoms with Gasteiger partial charge in [-0.3, -0.25) is 14.2 Å². The number of carbonyl (C=O) groups is 1. The Morgan fingerprint density at radius 3 is 2.59 bits per heavy atom. The zero-order chi connectivity index (χ0) is 23.7. The summed E-state index contributed by atoms with van der Waals surface area (Å²) in [6.45, 7) is 4.33. The van der Waals surface area contributed by atoms with Crippen LogP contribution in [-0.2, 0) is 11.3 Å². The van der Waals surface area contributed by atoms with Crippen LogP contribution in [0.3, 0.4) is 0 Å². The average Bonchev–Trinajstić information content (AvgIpc) is 3.22. The van der Waals surface area contributed by atoms with Crippen molar-refractivity contribution < 1.29 is 9.21 Å². The number of hydrogen-bond donors (Lipinski definition) is 1. The first-order chi connectivity index (χ1) is 16.5. The van der Waals surface area contributed by atoms with Crippen LogP contribution in [0.25, 0.3) is 22.1 Å². The van der Waals surface area contributed by atoms with E-state index in [1.165, 1.54) is 11.8 Å². The van der Waals surface area contributed by atoms with Gasteiger partial charge in [-0.1, -0.05) is 66.4 Å². The molecular weight excluding hydrogens is 446 g/mol. The SMILES string of the molecule is Cc1cccc(NC(=O)CSc2nc3c(oc4ccccc43)c(=O)n2Cc2ccccc2)c1C. The van der Waals surface area contributed by atoms with Gasteiger partial charge in [0.25, 0.3) is 5.56 Å². The van der Waals surface area contributed by atoms with Gasteiger partial charge in [0.05, 0.1) is 12.3 Å². The molecule has 0 aliphatic rings. The van der Waals surface area contributed by atoms with E-state index in [4.69, 9.17) is 9.40 Å². The molecule has 5 rings (SSSR count). The maximum atomic E-state index is 13.5. The van der Waals surface area contributed by atoms with E-state index in [-0.39, 0.29) is 22.8 Å². The van der Waals surface area contributed by atoms with Crippen LogP contribution in [0.4, 0.5) is 5.69 Å². The summed E-state index contributed by atoms with van der Waals surface area (Å²) < 4.78 is 7.44. The van der Waals surface area contributed by atoms with E-state index in [9.17, 15) is 9.59 Å². The van der Waals surface area contributed by atoms with Gasteiger partial charge in [-0.15, -0.1) is 0 Å². The molecule has 0 radical (unpaired) electrons. The number of hydrogen-bond acceptors (Lipinski definition) is 5. The molecule has 0 bridgehead atoms. The van der Waals surface area contributed by atoms with Crippen molar-refractivity contribution in [1.82, 2.24) is 9.55 Å². The van der Waals surface area contributed by atoms with Gasteiger partial charge in [-0.25, -0.2) is 4.98 Å². The summed E-state index contributed by atoms with van der Waals surface area (Å²) in [5, 5.41) is 4.23. The lowest BCUT2D eigenvalue weighted by Crippen LogP contribution is -2.24. The number of anilines is 1. The van der Waals surface area contributed by atoms with Gasteiger partial charge in [0.15, 0.2) is 5.16 Å². The summed E-state index contributed by atoms with van der Waals surface area (Å²) in [4.78, 5) is 31.0. The molecule has 0 saturated heterocycles. The standard InChI is InChI=1S/C27H23N3O3S/c1-17-9-8-13-21(18(17)2)28-23(31)16-34-27-29-24-20-12-6-7-14-22(20)33-25(24)26(32)30(27)15-19-10-4-3-5-11-19/h3-14H,15-16H2,1-2H3,(H,28,31). The first-order valence-electron chi connectivity index (χ1n) is 11.0. The topological polar surface area (TPSA) is 77.1 Å². The second kappa shape index (κ2) is 9.19. The lowest BCUT2D eigenvalue weighted by atomic mass is 10.1. The Bertz CT molecular complexity index is 1570. The highest BCUT2D eigenvalue weighted by molar-refractivity contribution is 7.99. The van der Waals surface area contributed by atoms with Crippen molar-refractivity contribution in [2.45, 2.75) is 25.5 Å². The van der Waals surface area contributed by atoms with Crippen molar-refractivity contribution in [2.75, 3.05) is 11.1 Å². The molecule has 0 unspecified atom stereocenters. The summed E-state index contributed by atoms with van der Waals surface area (Å²) in [6.07, 6.45) is 0. The third-order valence-corrected chi connectivity index (χ3v) is 6.82. The minimum absolute atomic E-state index is 0.121. The fraction of sp³-hybridized carbons (Fsp3) is 0.148. The normalized spacial score (nSPS) is 11.2. The van der Waals surface area contributed by atoms with Crippen molar-refractivity contribution in [3.05, 3.63) is 99.8 Å². The van der Waals surface area contributed by atoms with Gasteiger partial charge >= 0.3 is 0 Å². The molecule has 2 heterocycles. The number of fused-ring (bicyclic) bond motifs is 3. The molecule has 34 heavy (non-hydrogen) atoms. The maximum Gasteiger partial charge on any atom is 0.298 e. The van der Waals surface area contributed by atoms with Crippen LogP contribution in [0.5, 0.6) is 0 Å². The van der Waals surface area contributed by atoms with Crippen LogP contribution in [0.1, 0.15) is 16.7 Å². The molecule has 5 aromatic rings. The monoisotopic (exact) mass is 469 g/mol. The second-order valence-electron chi connectivity index (χ2n) is 8.13. The number of thioether (sulfide) groups is 1. The highest BCUT2D eigenvalue weighted by Crippen LogP contribution is 2.28. The molecule has 1 N–H and O–H groups in total. The van der Waals surface area contributed by atoms with Crippen molar-refractivity contribution >= 4 is 45.4 Å². The van der Waals surface area contributed by atoms with Crippen molar-refractivity contribution in [3.63, 3.8) is 0 Å². The van der Waals surface area contributed by atoms with Crippen molar-refractivity contribution in [3.8, 4) is 0 Å². The molecule has 0 aliphatic carbocycles. The molecule has 2 aromatic heterocycles. The molecule has 7 heteroatoms. The average molecular weight is 470 g/mol. The summed E-state index contributed by atoms with van der Waals surface area (Å²) in [5.74, 6) is -0.0352. The lowest BCUT2D eigenvalue weighted by molar-refractivity contribution is -0.113. The molecule has 6 nitrogen and oxygen atoms in total. The number of carbonyl (C=O) groups excluding carboxylic acids is 1. The second-order valence-corrected chi connectivity index (χ2v) is 9.07. The van der Waals surface area contributed by atoms with Crippen LogP contribution < -0.4 is 10.9 Å². The van der Waals surface area contributed by atoms with E-state index in [0.29, 0.717) is 22.8 Å². The zero-order valence-electron chi connectivity index (χ0n) is 18.9. The molecule has 1 amide bonds. The smallest absolute Gasteiger partial charge is 0.298 e. The predicted octanol–water partition coefficient (Wildman–Crippen LogP) is 5.54. The number of nitrogens with zero attached hydrogens (tertiary/aromatic N) is 2. The zero-order valence-corrected chi connectivity index (χ0v) is 19.7. The molecule has 0 atom stereocenters. The highest BCUT2D eigenvalue weighted by Gasteiger charge is 2.19. The van der Waals surface area contributed by atoms with Crippen LogP contribution in [0, 0.1) is 13.8 Å². The van der Waals surface area contributed by atoms with Gasteiger partial charge in [0, 0.05) is 11.1 Å². The minimum atomic E-state index is -0.262. The lowest BCUT2D eigenvalue weighted by Gasteiger charge is -2.13. The number of rotatable bonds is 6. The first kappa shape index (κ1) is 22.0. The Morgan fingerprint density at radius 1 is 1.00 bits per heavy atom. The van der Waals surface area contributed by atoms with Crippen LogP contribution in [0.15, 0.2) is 87.2 Å². The Kier molecular flexibility index (Phi) is 5.94. The van der Waals surface area contributed by atoms with Gasteiger partial charge in [-0.05, 0) is 48.7 Å². The fourth-order valence-electron chi connectivity index (χ4n) is 3.87. The number of amides is 1. The number of aryl methyl sites for hydroxylation is 1. The van der Waals surface area contributed by atoms with E-state index in [1.54, 1.807) is 4.57 Å². The summed E-state index contributed by atoms with van der Waals surface area (Å²) >= 11 is 1.24. The first-order valence-corrected chi connectivity index (χ1v) is 11.9. The Morgan fingerprint density at radius 2 is 1.76 bits per heavy atom. The van der Waals surface area contributed by atoms with Crippen LogP contribution >= 0.6 is 11.8 Å². The van der Waals surface area contributed by atoms with E-state index < -0.39 is 0 Å². The van der Waals surface area contributed by atoms with Gasteiger partial charge in [0.1, 0.15) is 11.1 Å². The summed E-state index contributed by atoms with van der Waals surface area (Å²) in [7, 11) is 0. The van der Waals surface area contributed by atoms with Gasteiger partial charge in [0.2, 0.25) is 11.5 Å². The highest BCUT2D eigenvalue weighted by atomic mass is 32.2. The molecule has 0 saturated carbocycles. The van der Waals surface area contributed by atoms with Crippen LogP contribution in [-0.4, -0.2) is 21.2 Å². The number of nitrogens with one attached hydrogen (secondary N) is 1. The predicted molar refractivity (Wildman–Crippen MR) is 137 cm³/mol. The number of para-hydroxylation sites is 1. The maximum absolute atomic E-state index is 13.5. The summed E-state index contributed by atoms with van der Waals surface area (Å²) in [6, 6.07) is 23.0. The fourth-order valence-corrected chi connectivity index (χ4v) is 4.66. The Balaban J connectivity index is 1.50.